The lowest BCUT2D eigenvalue weighted by atomic mass is 9.99. The minimum absolute atomic E-state index is 0.192. The molecule has 9 atom stereocenters. The zero-order valence-corrected chi connectivity index (χ0v) is 21.0. The summed E-state index contributed by atoms with van der Waals surface area (Å²) in [6.45, 7) is 0.0841. The average molecular weight is 525 g/mol. The third-order valence-corrected chi connectivity index (χ3v) is 6.78. The van der Waals surface area contributed by atoms with Gasteiger partial charge in [-0.2, -0.15) is 0 Å². The number of carbonyl (C=O) groups excluding carboxylic acids is 1. The second-order valence-electron chi connectivity index (χ2n) is 9.64. The van der Waals surface area contributed by atoms with Gasteiger partial charge in [-0.3, -0.25) is 4.79 Å². The van der Waals surface area contributed by atoms with E-state index in [2.05, 4.69) is 6.92 Å². The number of unbranched alkanes of at least 4 members (excludes halogenated alkanes) is 8. The molecule has 212 valence electrons. The fourth-order valence-corrected chi connectivity index (χ4v) is 4.45. The maximum Gasteiger partial charge on any atom is 0.305 e. The van der Waals surface area contributed by atoms with Gasteiger partial charge in [-0.15, -0.1) is 0 Å². The van der Waals surface area contributed by atoms with E-state index in [9.17, 15) is 40.5 Å². The standard InChI is InChI=1S/C24H44O12/c1-2-3-4-5-6-7-8-9-10-11-17(27)33-13-16-18(28)20(30)21(31)23(34-16)36-24(14-26)22(32)19(29)15(12-25)35-24/h15-16,18-23,25-26,28-32H,2-14H2,1H3/t15-,16?,18-,19?,20-,21?,22-,23+,24+/m1/s1. The van der Waals surface area contributed by atoms with Crippen molar-refractivity contribution in [3.63, 3.8) is 0 Å². The molecule has 2 rings (SSSR count). The van der Waals surface area contributed by atoms with Crippen molar-refractivity contribution >= 4 is 5.97 Å². The number of esters is 1. The van der Waals surface area contributed by atoms with E-state index in [1.807, 2.05) is 0 Å². The van der Waals surface area contributed by atoms with Gasteiger partial charge in [-0.05, 0) is 6.42 Å². The second kappa shape index (κ2) is 15.5. The molecular formula is C24H44O12. The second-order valence-corrected chi connectivity index (χ2v) is 9.64. The van der Waals surface area contributed by atoms with Gasteiger partial charge in [0.1, 0.15) is 55.9 Å². The first-order chi connectivity index (χ1) is 17.2. The largest absolute Gasteiger partial charge is 0.463 e. The highest BCUT2D eigenvalue weighted by atomic mass is 16.8. The minimum Gasteiger partial charge on any atom is -0.463 e. The van der Waals surface area contributed by atoms with Crippen molar-refractivity contribution in [3.8, 4) is 0 Å². The molecule has 0 aromatic heterocycles. The maximum absolute atomic E-state index is 12.1. The molecule has 0 saturated carbocycles. The Hall–Kier alpha value is -0.930. The van der Waals surface area contributed by atoms with E-state index < -0.39 is 80.6 Å². The lowest BCUT2D eigenvalue weighted by molar-refractivity contribution is -0.383. The van der Waals surface area contributed by atoms with E-state index in [4.69, 9.17) is 18.9 Å². The van der Waals surface area contributed by atoms with E-state index in [0.717, 1.165) is 19.3 Å². The van der Waals surface area contributed by atoms with Crippen LogP contribution >= 0.6 is 0 Å². The first-order valence-electron chi connectivity index (χ1n) is 13.0. The average Bonchev–Trinajstić information content (AvgIpc) is 3.12. The van der Waals surface area contributed by atoms with Crippen LogP contribution in [0.25, 0.3) is 0 Å². The smallest absolute Gasteiger partial charge is 0.305 e. The zero-order chi connectivity index (χ0) is 26.7. The number of rotatable bonds is 16. The predicted molar refractivity (Wildman–Crippen MR) is 124 cm³/mol. The predicted octanol–water partition coefficient (Wildman–Crippen LogP) is -0.924. The normalized spacial score (nSPS) is 36.8. The van der Waals surface area contributed by atoms with Gasteiger partial charge in [0.15, 0.2) is 6.29 Å². The number of hydrogen-bond acceptors (Lipinski definition) is 12. The fraction of sp³-hybridized carbons (Fsp3) is 0.958. The van der Waals surface area contributed by atoms with Crippen molar-refractivity contribution in [2.75, 3.05) is 19.8 Å². The summed E-state index contributed by atoms with van der Waals surface area (Å²) in [5.74, 6) is -2.76. The molecule has 2 fully saturated rings. The molecule has 3 unspecified atom stereocenters. The molecule has 2 saturated heterocycles. The molecule has 7 N–H and O–H groups in total. The van der Waals surface area contributed by atoms with Crippen LogP contribution in [-0.4, -0.2) is 116 Å². The van der Waals surface area contributed by atoms with Gasteiger partial charge in [0.25, 0.3) is 0 Å². The van der Waals surface area contributed by atoms with Gasteiger partial charge in [0, 0.05) is 6.42 Å². The number of aliphatic hydroxyl groups is 7. The monoisotopic (exact) mass is 524 g/mol. The molecule has 2 heterocycles. The number of aliphatic hydroxyl groups excluding tert-OH is 7. The van der Waals surface area contributed by atoms with Crippen LogP contribution in [0.1, 0.15) is 71.1 Å². The molecule has 0 radical (unpaired) electrons. The summed E-state index contributed by atoms with van der Waals surface area (Å²) in [6.07, 6.45) is -2.81. The van der Waals surface area contributed by atoms with E-state index in [0.29, 0.717) is 6.42 Å². The maximum atomic E-state index is 12.1. The Morgan fingerprint density at radius 1 is 0.806 bits per heavy atom. The Bertz CT molecular complexity index is 636. The van der Waals surface area contributed by atoms with Gasteiger partial charge < -0.3 is 54.7 Å². The Labute approximate surface area is 211 Å². The van der Waals surface area contributed by atoms with Crippen molar-refractivity contribution in [1.82, 2.24) is 0 Å². The SMILES string of the molecule is CCCCCCCCCCCC(=O)OCC1O[C@@H](O[C@]2(CO)O[C@H](CO)C(O)[C@H]2O)C(O)[C@H](O)[C@@H]1O. The van der Waals surface area contributed by atoms with Crippen molar-refractivity contribution in [2.24, 2.45) is 0 Å². The van der Waals surface area contributed by atoms with E-state index in [-0.39, 0.29) is 6.42 Å². The summed E-state index contributed by atoms with van der Waals surface area (Å²) in [5.41, 5.74) is 0. The molecule has 0 aromatic carbocycles. The topological polar surface area (TPSA) is 196 Å². The van der Waals surface area contributed by atoms with Gasteiger partial charge in [0.05, 0.1) is 6.61 Å². The van der Waals surface area contributed by atoms with E-state index >= 15 is 0 Å². The van der Waals surface area contributed by atoms with Crippen LogP contribution in [0.5, 0.6) is 0 Å². The minimum atomic E-state index is -2.27. The Kier molecular flexibility index (Phi) is 13.4. The zero-order valence-electron chi connectivity index (χ0n) is 21.0. The Morgan fingerprint density at radius 3 is 1.97 bits per heavy atom. The van der Waals surface area contributed by atoms with Gasteiger partial charge in [0.2, 0.25) is 5.79 Å². The fourth-order valence-electron chi connectivity index (χ4n) is 4.45. The first-order valence-corrected chi connectivity index (χ1v) is 13.0. The summed E-state index contributed by atoms with van der Waals surface area (Å²) in [7, 11) is 0. The van der Waals surface area contributed by atoms with Gasteiger partial charge >= 0.3 is 5.97 Å². The van der Waals surface area contributed by atoms with Crippen molar-refractivity contribution in [3.05, 3.63) is 0 Å². The summed E-state index contributed by atoms with van der Waals surface area (Å²) in [4.78, 5) is 12.1. The van der Waals surface area contributed by atoms with E-state index in [1.165, 1.54) is 32.1 Å². The highest BCUT2D eigenvalue weighted by Crippen LogP contribution is 2.36. The molecule has 12 heteroatoms. The molecule has 0 amide bonds. The summed E-state index contributed by atoms with van der Waals surface area (Å²) >= 11 is 0. The molecule has 0 bridgehead atoms. The lowest BCUT2D eigenvalue weighted by Crippen LogP contribution is -2.62. The van der Waals surface area contributed by atoms with Crippen LogP contribution < -0.4 is 0 Å². The van der Waals surface area contributed by atoms with Crippen molar-refractivity contribution in [1.29, 1.82) is 0 Å². The first kappa shape index (κ1) is 31.3. The highest BCUT2D eigenvalue weighted by molar-refractivity contribution is 5.69. The third-order valence-electron chi connectivity index (χ3n) is 6.78. The van der Waals surface area contributed by atoms with E-state index in [1.54, 1.807) is 0 Å². The van der Waals surface area contributed by atoms with Crippen LogP contribution in [0, 0.1) is 0 Å². The number of carbonyl (C=O) groups is 1. The van der Waals surface area contributed by atoms with Gasteiger partial charge in [-0.25, -0.2) is 0 Å². The lowest BCUT2D eigenvalue weighted by Gasteiger charge is -2.43. The van der Waals surface area contributed by atoms with Crippen LogP contribution in [0.4, 0.5) is 0 Å². The molecule has 0 spiro atoms. The Morgan fingerprint density at radius 2 is 1.42 bits per heavy atom. The van der Waals surface area contributed by atoms with Crippen LogP contribution in [0.2, 0.25) is 0 Å². The summed E-state index contributed by atoms with van der Waals surface area (Å²) in [5, 5.41) is 70.1. The van der Waals surface area contributed by atoms with Crippen LogP contribution in [-0.2, 0) is 23.7 Å². The quantitative estimate of drug-likeness (QED) is 0.0970. The molecule has 0 aliphatic carbocycles. The molecule has 12 nitrogen and oxygen atoms in total. The van der Waals surface area contributed by atoms with Crippen LogP contribution in [0.15, 0.2) is 0 Å². The summed E-state index contributed by atoms with van der Waals surface area (Å²) < 4.78 is 21.3. The van der Waals surface area contributed by atoms with Gasteiger partial charge in [-0.1, -0.05) is 58.3 Å². The molecule has 2 aliphatic heterocycles. The Balaban J connectivity index is 1.80. The highest BCUT2D eigenvalue weighted by Gasteiger charge is 2.58. The van der Waals surface area contributed by atoms with Crippen LogP contribution in [0.3, 0.4) is 0 Å². The molecule has 2 aliphatic rings. The molecule has 0 aromatic rings. The number of hydrogen-bond donors (Lipinski definition) is 7. The molecular weight excluding hydrogens is 480 g/mol. The van der Waals surface area contributed by atoms with Crippen molar-refractivity contribution < 1.29 is 59.5 Å². The summed E-state index contributed by atoms with van der Waals surface area (Å²) in [6, 6.07) is 0. The third kappa shape index (κ3) is 8.29. The molecule has 36 heavy (non-hydrogen) atoms. The van der Waals surface area contributed by atoms with Crippen molar-refractivity contribution in [2.45, 2.75) is 126 Å². The number of ether oxygens (including phenoxy) is 4.